The number of hydrogen-bond acceptors (Lipinski definition) is 3. The van der Waals surface area contributed by atoms with Gasteiger partial charge in [0.1, 0.15) is 0 Å². The fraction of sp³-hybridized carbons (Fsp3) is 0.412. The smallest absolute Gasteiger partial charge is 0.274 e. The van der Waals surface area contributed by atoms with Gasteiger partial charge in [0.05, 0.1) is 15.7 Å². The third-order valence-electron chi connectivity index (χ3n) is 4.86. The summed E-state index contributed by atoms with van der Waals surface area (Å²) in [7, 11) is 0. The Morgan fingerprint density at radius 2 is 1.96 bits per heavy atom. The van der Waals surface area contributed by atoms with Gasteiger partial charge >= 0.3 is 0 Å². The number of amides is 1. The van der Waals surface area contributed by atoms with E-state index in [1.807, 2.05) is 11.0 Å². The molecule has 1 aromatic carbocycles. The standard InChI is InChI=1S/C17H18Cl2N4O/c18-14-4-3-12(9-15(14)19)22-8-6-16(21-22)17(24)23-11-1-2-13(23)10-20-7-5-11/h3-4,6,8-9,11,13,20H,1-2,5,7,10H2. The van der Waals surface area contributed by atoms with E-state index in [-0.39, 0.29) is 11.9 Å². The molecule has 2 unspecified atom stereocenters. The number of carbonyl (C=O) groups is 1. The molecule has 7 heteroatoms. The maximum atomic E-state index is 13.0. The van der Waals surface area contributed by atoms with Crippen LogP contribution in [-0.4, -0.2) is 45.8 Å². The van der Waals surface area contributed by atoms with E-state index in [1.165, 1.54) is 0 Å². The molecule has 4 rings (SSSR count). The van der Waals surface area contributed by atoms with E-state index in [9.17, 15) is 4.79 Å². The van der Waals surface area contributed by atoms with Crippen LogP contribution in [0.5, 0.6) is 0 Å². The number of hydrogen-bond donors (Lipinski definition) is 1. The molecule has 2 bridgehead atoms. The highest BCUT2D eigenvalue weighted by molar-refractivity contribution is 6.42. The second kappa shape index (κ2) is 6.39. The lowest BCUT2D eigenvalue weighted by Crippen LogP contribution is -2.42. The zero-order valence-electron chi connectivity index (χ0n) is 13.1. The van der Waals surface area contributed by atoms with Crippen molar-refractivity contribution in [1.82, 2.24) is 20.0 Å². The van der Waals surface area contributed by atoms with Crippen molar-refractivity contribution in [1.29, 1.82) is 0 Å². The van der Waals surface area contributed by atoms with Gasteiger partial charge in [-0.05, 0) is 50.1 Å². The van der Waals surface area contributed by atoms with Crippen LogP contribution in [0, 0.1) is 0 Å². The van der Waals surface area contributed by atoms with Crippen LogP contribution >= 0.6 is 23.2 Å². The first kappa shape index (κ1) is 15.9. The largest absolute Gasteiger partial charge is 0.330 e. The molecule has 0 aliphatic carbocycles. The van der Waals surface area contributed by atoms with E-state index >= 15 is 0 Å². The lowest BCUT2D eigenvalue weighted by Gasteiger charge is -2.27. The lowest BCUT2D eigenvalue weighted by molar-refractivity contribution is 0.0673. The fourth-order valence-corrected chi connectivity index (χ4v) is 3.95. The monoisotopic (exact) mass is 364 g/mol. The molecule has 1 N–H and O–H groups in total. The van der Waals surface area contributed by atoms with E-state index in [0.717, 1.165) is 38.0 Å². The van der Waals surface area contributed by atoms with Gasteiger partial charge in [0.25, 0.3) is 5.91 Å². The predicted octanol–water partition coefficient (Wildman–Crippen LogP) is 3.15. The molecule has 3 heterocycles. The van der Waals surface area contributed by atoms with Crippen molar-refractivity contribution in [2.24, 2.45) is 0 Å². The van der Waals surface area contributed by atoms with Crippen molar-refractivity contribution in [3.05, 3.63) is 46.2 Å². The number of carbonyl (C=O) groups excluding carboxylic acids is 1. The molecule has 1 aromatic heterocycles. The summed E-state index contributed by atoms with van der Waals surface area (Å²) in [6, 6.07) is 7.67. The number of rotatable bonds is 2. The molecule has 24 heavy (non-hydrogen) atoms. The first-order valence-corrected chi connectivity index (χ1v) is 8.93. The van der Waals surface area contributed by atoms with Crippen molar-refractivity contribution >= 4 is 29.1 Å². The molecular weight excluding hydrogens is 347 g/mol. The zero-order valence-corrected chi connectivity index (χ0v) is 14.6. The minimum atomic E-state index is 0.0185. The Morgan fingerprint density at radius 3 is 2.79 bits per heavy atom. The van der Waals surface area contributed by atoms with Gasteiger partial charge in [-0.2, -0.15) is 5.10 Å². The molecular formula is C17H18Cl2N4O. The van der Waals surface area contributed by atoms with Crippen molar-refractivity contribution in [3.8, 4) is 5.69 Å². The van der Waals surface area contributed by atoms with Gasteiger partial charge in [-0.25, -0.2) is 4.68 Å². The third-order valence-corrected chi connectivity index (χ3v) is 5.60. The molecule has 2 atom stereocenters. The summed E-state index contributed by atoms with van der Waals surface area (Å²) >= 11 is 12.0. The summed E-state index contributed by atoms with van der Waals surface area (Å²) in [4.78, 5) is 15.0. The molecule has 0 saturated carbocycles. The normalized spacial score (nSPS) is 23.3. The highest BCUT2D eigenvalue weighted by Crippen LogP contribution is 2.29. The fourth-order valence-electron chi connectivity index (χ4n) is 3.66. The van der Waals surface area contributed by atoms with Gasteiger partial charge in [-0.15, -0.1) is 0 Å². The van der Waals surface area contributed by atoms with Crippen LogP contribution in [0.2, 0.25) is 10.0 Å². The molecule has 2 fully saturated rings. The minimum Gasteiger partial charge on any atom is -0.330 e. The second-order valence-electron chi connectivity index (χ2n) is 6.33. The second-order valence-corrected chi connectivity index (χ2v) is 7.15. The summed E-state index contributed by atoms with van der Waals surface area (Å²) in [5.74, 6) is 0.0185. The summed E-state index contributed by atoms with van der Waals surface area (Å²) in [5.41, 5.74) is 1.25. The van der Waals surface area contributed by atoms with Crippen LogP contribution in [0.15, 0.2) is 30.5 Å². The van der Waals surface area contributed by atoms with Crippen molar-refractivity contribution < 1.29 is 4.79 Å². The van der Waals surface area contributed by atoms with Gasteiger partial charge in [-0.1, -0.05) is 23.2 Å². The molecule has 2 aromatic rings. The molecule has 2 saturated heterocycles. The first-order valence-electron chi connectivity index (χ1n) is 8.18. The van der Waals surface area contributed by atoms with Crippen LogP contribution < -0.4 is 5.32 Å². The Balaban J connectivity index is 1.60. The molecule has 5 nitrogen and oxygen atoms in total. The van der Waals surface area contributed by atoms with Gasteiger partial charge in [0.15, 0.2) is 5.69 Å². The average Bonchev–Trinajstić information content (AvgIpc) is 3.13. The van der Waals surface area contributed by atoms with Crippen molar-refractivity contribution in [2.45, 2.75) is 31.3 Å². The quantitative estimate of drug-likeness (QED) is 0.890. The number of aromatic nitrogens is 2. The van der Waals surface area contributed by atoms with Gasteiger partial charge < -0.3 is 10.2 Å². The summed E-state index contributed by atoms with van der Waals surface area (Å²) in [5, 5.41) is 8.83. The lowest BCUT2D eigenvalue weighted by atomic mass is 10.1. The topological polar surface area (TPSA) is 50.2 Å². The van der Waals surface area contributed by atoms with E-state index in [0.29, 0.717) is 21.8 Å². The Kier molecular flexibility index (Phi) is 4.24. The van der Waals surface area contributed by atoms with Crippen LogP contribution in [-0.2, 0) is 0 Å². The van der Waals surface area contributed by atoms with Crippen LogP contribution in [0.4, 0.5) is 0 Å². The van der Waals surface area contributed by atoms with E-state index in [4.69, 9.17) is 23.2 Å². The summed E-state index contributed by atoms with van der Waals surface area (Å²) in [6.45, 7) is 1.85. The molecule has 0 spiro atoms. The van der Waals surface area contributed by atoms with E-state index < -0.39 is 0 Å². The molecule has 126 valence electrons. The summed E-state index contributed by atoms with van der Waals surface area (Å²) < 4.78 is 1.66. The van der Waals surface area contributed by atoms with Crippen LogP contribution in [0.1, 0.15) is 29.8 Å². The van der Waals surface area contributed by atoms with Gasteiger partial charge in [-0.3, -0.25) is 4.79 Å². The van der Waals surface area contributed by atoms with E-state index in [1.54, 1.807) is 29.1 Å². The summed E-state index contributed by atoms with van der Waals surface area (Å²) in [6.07, 6.45) is 4.95. The van der Waals surface area contributed by atoms with E-state index in [2.05, 4.69) is 10.4 Å². The molecule has 0 radical (unpaired) electrons. The number of nitrogens with one attached hydrogen (secondary N) is 1. The zero-order chi connectivity index (χ0) is 16.7. The molecule has 2 aliphatic heterocycles. The Labute approximate surface area is 150 Å². The maximum absolute atomic E-state index is 13.0. The minimum absolute atomic E-state index is 0.0185. The number of nitrogens with zero attached hydrogens (tertiary/aromatic N) is 3. The average molecular weight is 365 g/mol. The van der Waals surface area contributed by atoms with Crippen LogP contribution in [0.25, 0.3) is 5.69 Å². The predicted molar refractivity (Wildman–Crippen MR) is 94.1 cm³/mol. The SMILES string of the molecule is O=C(c1ccn(-c2ccc(Cl)c(Cl)c2)n1)N1C2CCNCC1CC2. The van der Waals surface area contributed by atoms with Gasteiger partial charge in [0, 0.05) is 24.8 Å². The highest BCUT2D eigenvalue weighted by atomic mass is 35.5. The molecule has 2 aliphatic rings. The number of halogens is 2. The van der Waals surface area contributed by atoms with Gasteiger partial charge in [0.2, 0.25) is 0 Å². The Hall–Kier alpha value is -1.56. The molecule has 1 amide bonds. The highest BCUT2D eigenvalue weighted by Gasteiger charge is 2.39. The Morgan fingerprint density at radius 1 is 1.12 bits per heavy atom. The number of benzene rings is 1. The third kappa shape index (κ3) is 2.81. The number of fused-ring (bicyclic) bond motifs is 2. The van der Waals surface area contributed by atoms with Crippen molar-refractivity contribution in [2.75, 3.05) is 13.1 Å². The first-order chi connectivity index (χ1) is 11.6. The van der Waals surface area contributed by atoms with Crippen LogP contribution in [0.3, 0.4) is 0 Å². The van der Waals surface area contributed by atoms with Crippen molar-refractivity contribution in [3.63, 3.8) is 0 Å². The Bertz CT molecular complexity index is 762. The maximum Gasteiger partial charge on any atom is 0.274 e.